The third-order valence-electron chi connectivity index (χ3n) is 4.72. The van der Waals surface area contributed by atoms with Crippen molar-refractivity contribution < 1.29 is 9.18 Å². The van der Waals surface area contributed by atoms with Crippen molar-refractivity contribution in [3.8, 4) is 0 Å². The highest BCUT2D eigenvalue weighted by atomic mass is 19.1. The van der Waals surface area contributed by atoms with Gasteiger partial charge in [0.2, 0.25) is 0 Å². The largest absolute Gasteiger partial charge is 0.397 e. The van der Waals surface area contributed by atoms with E-state index in [4.69, 9.17) is 5.73 Å². The second-order valence-electron chi connectivity index (χ2n) is 6.64. The number of para-hydroxylation sites is 2. The Morgan fingerprint density at radius 1 is 1.11 bits per heavy atom. The first-order valence-electron chi connectivity index (χ1n) is 8.89. The number of hydrogen-bond donors (Lipinski definition) is 2. The molecule has 28 heavy (non-hydrogen) atoms. The summed E-state index contributed by atoms with van der Waals surface area (Å²) in [6.45, 7) is 2.50. The van der Waals surface area contributed by atoms with Crippen LogP contribution < -0.4 is 11.1 Å². The molecule has 0 saturated carbocycles. The van der Waals surface area contributed by atoms with Crippen LogP contribution in [0.25, 0.3) is 10.9 Å². The van der Waals surface area contributed by atoms with Gasteiger partial charge in [-0.2, -0.15) is 5.10 Å². The quantitative estimate of drug-likeness (QED) is 0.521. The summed E-state index contributed by atoms with van der Waals surface area (Å²) in [6.07, 6.45) is 0. The SMILES string of the molecule is Cc1c2ccc(F)cc2nn1Cc1ccc(C(=O)Nc2ccccc2N)cc1. The number of amides is 1. The lowest BCUT2D eigenvalue weighted by molar-refractivity contribution is 0.102. The van der Waals surface area contributed by atoms with Crippen molar-refractivity contribution in [2.75, 3.05) is 11.1 Å². The molecule has 4 aromatic rings. The molecule has 0 aliphatic heterocycles. The van der Waals surface area contributed by atoms with Gasteiger partial charge >= 0.3 is 0 Å². The first-order valence-corrected chi connectivity index (χ1v) is 8.89. The van der Waals surface area contributed by atoms with Gasteiger partial charge < -0.3 is 11.1 Å². The number of carbonyl (C=O) groups is 1. The van der Waals surface area contributed by atoms with Gasteiger partial charge in [0.15, 0.2) is 0 Å². The molecule has 4 rings (SSSR count). The van der Waals surface area contributed by atoms with Gasteiger partial charge in [-0.1, -0.05) is 24.3 Å². The monoisotopic (exact) mass is 374 g/mol. The van der Waals surface area contributed by atoms with Crippen molar-refractivity contribution in [3.63, 3.8) is 0 Å². The zero-order valence-corrected chi connectivity index (χ0v) is 15.3. The molecule has 0 spiro atoms. The van der Waals surface area contributed by atoms with E-state index in [1.807, 2.05) is 35.9 Å². The van der Waals surface area contributed by atoms with Crippen LogP contribution in [0.4, 0.5) is 15.8 Å². The Kier molecular flexibility index (Phi) is 4.53. The molecule has 0 atom stereocenters. The fraction of sp³-hybridized carbons (Fsp3) is 0.0909. The summed E-state index contributed by atoms with van der Waals surface area (Å²) in [5, 5.41) is 8.21. The van der Waals surface area contributed by atoms with Gasteiger partial charge in [0.1, 0.15) is 5.82 Å². The summed E-state index contributed by atoms with van der Waals surface area (Å²) >= 11 is 0. The van der Waals surface area contributed by atoms with Crippen molar-refractivity contribution in [2.24, 2.45) is 0 Å². The second-order valence-corrected chi connectivity index (χ2v) is 6.64. The van der Waals surface area contributed by atoms with E-state index >= 15 is 0 Å². The minimum atomic E-state index is -0.299. The molecule has 0 aliphatic carbocycles. The number of rotatable bonds is 4. The summed E-state index contributed by atoms with van der Waals surface area (Å²) in [5.74, 6) is -0.521. The molecule has 0 bridgehead atoms. The number of halogens is 1. The van der Waals surface area contributed by atoms with Crippen LogP contribution in [-0.4, -0.2) is 15.7 Å². The van der Waals surface area contributed by atoms with E-state index in [1.54, 1.807) is 30.3 Å². The van der Waals surface area contributed by atoms with Gasteiger partial charge in [0.05, 0.1) is 23.4 Å². The van der Waals surface area contributed by atoms with Crippen molar-refractivity contribution in [1.82, 2.24) is 9.78 Å². The molecule has 0 unspecified atom stereocenters. The molecule has 140 valence electrons. The summed E-state index contributed by atoms with van der Waals surface area (Å²) in [5.41, 5.74) is 10.1. The number of nitrogens with two attached hydrogens (primary N) is 1. The average molecular weight is 374 g/mol. The van der Waals surface area contributed by atoms with E-state index in [2.05, 4.69) is 10.4 Å². The number of nitrogens with one attached hydrogen (secondary N) is 1. The molecular formula is C22H19FN4O. The summed E-state index contributed by atoms with van der Waals surface area (Å²) in [6, 6.07) is 19.0. The molecular weight excluding hydrogens is 355 g/mol. The Hall–Kier alpha value is -3.67. The first-order chi connectivity index (χ1) is 13.5. The van der Waals surface area contributed by atoms with Crippen LogP contribution in [0.15, 0.2) is 66.7 Å². The zero-order chi connectivity index (χ0) is 19.7. The Balaban J connectivity index is 1.51. The molecule has 3 N–H and O–H groups in total. The second kappa shape index (κ2) is 7.15. The summed E-state index contributed by atoms with van der Waals surface area (Å²) in [4.78, 5) is 12.4. The van der Waals surface area contributed by atoms with Gasteiger partial charge in [0.25, 0.3) is 5.91 Å². The van der Waals surface area contributed by atoms with Gasteiger partial charge in [-0.15, -0.1) is 0 Å². The highest BCUT2D eigenvalue weighted by Crippen LogP contribution is 2.21. The Morgan fingerprint density at radius 2 is 1.86 bits per heavy atom. The number of aromatic nitrogens is 2. The molecule has 6 heteroatoms. The van der Waals surface area contributed by atoms with Crippen LogP contribution in [0.5, 0.6) is 0 Å². The predicted molar refractivity (Wildman–Crippen MR) is 109 cm³/mol. The minimum Gasteiger partial charge on any atom is -0.397 e. The van der Waals surface area contributed by atoms with Gasteiger partial charge in [-0.25, -0.2) is 4.39 Å². The Bertz CT molecular complexity index is 1170. The number of benzene rings is 3. The molecule has 0 radical (unpaired) electrons. The fourth-order valence-corrected chi connectivity index (χ4v) is 3.13. The minimum absolute atomic E-state index is 0.221. The number of fused-ring (bicyclic) bond motifs is 1. The van der Waals surface area contributed by atoms with Crippen molar-refractivity contribution in [2.45, 2.75) is 13.5 Å². The van der Waals surface area contributed by atoms with Crippen LogP contribution >= 0.6 is 0 Å². The molecule has 3 aromatic carbocycles. The van der Waals surface area contributed by atoms with Crippen LogP contribution in [0.2, 0.25) is 0 Å². The molecule has 0 aliphatic rings. The maximum Gasteiger partial charge on any atom is 0.255 e. The topological polar surface area (TPSA) is 72.9 Å². The first kappa shape index (κ1) is 17.7. The highest BCUT2D eigenvalue weighted by Gasteiger charge is 2.10. The lowest BCUT2D eigenvalue weighted by Crippen LogP contribution is -2.13. The van der Waals surface area contributed by atoms with Gasteiger partial charge in [-0.3, -0.25) is 9.48 Å². The molecule has 0 saturated heterocycles. The number of nitrogen functional groups attached to an aromatic ring is 1. The normalized spacial score (nSPS) is 10.9. The Labute approximate surface area is 161 Å². The van der Waals surface area contributed by atoms with E-state index in [0.717, 1.165) is 16.6 Å². The smallest absolute Gasteiger partial charge is 0.255 e. The molecule has 1 amide bonds. The van der Waals surface area contributed by atoms with Crippen molar-refractivity contribution in [3.05, 3.63) is 89.4 Å². The maximum absolute atomic E-state index is 13.4. The lowest BCUT2D eigenvalue weighted by atomic mass is 10.1. The molecule has 1 aromatic heterocycles. The van der Waals surface area contributed by atoms with Crippen molar-refractivity contribution in [1.29, 1.82) is 0 Å². The van der Waals surface area contributed by atoms with Crippen LogP contribution in [0, 0.1) is 12.7 Å². The standard InChI is InChI=1S/C22H19FN4O/c1-14-18-11-10-17(23)12-21(18)26-27(14)13-15-6-8-16(9-7-15)22(28)25-20-5-3-2-4-19(20)24/h2-12H,13,24H2,1H3,(H,25,28). The molecule has 5 nitrogen and oxygen atoms in total. The van der Waals surface area contributed by atoms with Gasteiger partial charge in [0, 0.05) is 22.7 Å². The molecule has 1 heterocycles. The van der Waals surface area contributed by atoms with E-state index in [1.165, 1.54) is 12.1 Å². The number of carbonyl (C=O) groups excluding carboxylic acids is 1. The number of hydrogen-bond acceptors (Lipinski definition) is 3. The van der Waals surface area contributed by atoms with Crippen LogP contribution in [0.1, 0.15) is 21.6 Å². The third kappa shape index (κ3) is 3.44. The van der Waals surface area contributed by atoms with E-state index < -0.39 is 0 Å². The average Bonchev–Trinajstić information content (AvgIpc) is 2.99. The lowest BCUT2D eigenvalue weighted by Gasteiger charge is -2.09. The van der Waals surface area contributed by atoms with Crippen LogP contribution in [0.3, 0.4) is 0 Å². The predicted octanol–water partition coefficient (Wildman–Crippen LogP) is 4.37. The number of nitrogens with zero attached hydrogens (tertiary/aromatic N) is 2. The summed E-state index contributed by atoms with van der Waals surface area (Å²) in [7, 11) is 0. The van der Waals surface area contributed by atoms with Gasteiger partial charge in [-0.05, 0) is 48.9 Å². The van der Waals surface area contributed by atoms with E-state index in [0.29, 0.717) is 29.0 Å². The van der Waals surface area contributed by atoms with E-state index in [9.17, 15) is 9.18 Å². The third-order valence-corrected chi connectivity index (χ3v) is 4.72. The summed E-state index contributed by atoms with van der Waals surface area (Å²) < 4.78 is 15.2. The highest BCUT2D eigenvalue weighted by molar-refractivity contribution is 6.05. The molecule has 0 fully saturated rings. The maximum atomic E-state index is 13.4. The van der Waals surface area contributed by atoms with Crippen LogP contribution in [-0.2, 0) is 6.54 Å². The number of anilines is 2. The van der Waals surface area contributed by atoms with Crippen molar-refractivity contribution >= 4 is 28.2 Å². The Morgan fingerprint density at radius 3 is 2.61 bits per heavy atom. The van der Waals surface area contributed by atoms with E-state index in [-0.39, 0.29) is 11.7 Å². The zero-order valence-electron chi connectivity index (χ0n) is 15.3. The fourth-order valence-electron chi connectivity index (χ4n) is 3.13. The number of aryl methyl sites for hydroxylation is 1.